The number of halogens is 1. The van der Waals surface area contributed by atoms with Crippen LogP contribution in [-0.4, -0.2) is 11.1 Å². The number of carbonyl (C=O) groups is 1. The third-order valence-corrected chi connectivity index (χ3v) is 4.86. The Morgan fingerprint density at radius 1 is 1.00 bits per heavy atom. The molecule has 150 valence electrons. The summed E-state index contributed by atoms with van der Waals surface area (Å²) in [4.78, 5) is 12.8. The summed E-state index contributed by atoms with van der Waals surface area (Å²) in [5, 5.41) is 7.35. The minimum absolute atomic E-state index is 0.144. The number of aryl methyl sites for hydroxylation is 1. The number of rotatable bonds is 6. The highest BCUT2D eigenvalue weighted by Gasteiger charge is 2.20. The largest absolute Gasteiger partial charge is 0.489 e. The third kappa shape index (κ3) is 4.53. The predicted octanol–water partition coefficient (Wildman–Crippen LogP) is 6.13. The van der Waals surface area contributed by atoms with E-state index < -0.39 is 0 Å². The highest BCUT2D eigenvalue weighted by molar-refractivity contribution is 6.30. The van der Waals surface area contributed by atoms with E-state index in [-0.39, 0.29) is 18.2 Å². The standard InChI is InChI=1S/C24H19ClN2O3/c1-16-22(15-29-21-9-5-8-19(25)14-21)23(27-30-16)24(28)26-20-12-10-18(11-13-20)17-6-3-2-4-7-17/h2-14H,15H2,1H3,(H,26,28). The van der Waals surface area contributed by atoms with Crippen LogP contribution in [0, 0.1) is 6.92 Å². The molecule has 0 bridgehead atoms. The summed E-state index contributed by atoms with van der Waals surface area (Å²) in [6, 6.07) is 24.7. The normalized spacial score (nSPS) is 10.6. The van der Waals surface area contributed by atoms with Crippen LogP contribution in [0.2, 0.25) is 5.02 Å². The highest BCUT2D eigenvalue weighted by Crippen LogP contribution is 2.23. The molecule has 0 atom stereocenters. The summed E-state index contributed by atoms with van der Waals surface area (Å²) >= 11 is 5.98. The van der Waals surface area contributed by atoms with Gasteiger partial charge in [0.25, 0.3) is 5.91 Å². The van der Waals surface area contributed by atoms with Crippen molar-refractivity contribution in [2.24, 2.45) is 0 Å². The lowest BCUT2D eigenvalue weighted by molar-refractivity contribution is 0.101. The number of amides is 1. The molecule has 0 radical (unpaired) electrons. The average molecular weight is 419 g/mol. The number of ether oxygens (including phenoxy) is 1. The maximum atomic E-state index is 12.8. The Balaban J connectivity index is 1.46. The number of hydrogen-bond acceptors (Lipinski definition) is 4. The number of carbonyl (C=O) groups excluding carboxylic acids is 1. The van der Waals surface area contributed by atoms with E-state index in [1.807, 2.05) is 54.6 Å². The van der Waals surface area contributed by atoms with Crippen LogP contribution in [-0.2, 0) is 6.61 Å². The molecule has 1 heterocycles. The second-order valence-electron chi connectivity index (χ2n) is 6.71. The Bertz CT molecular complexity index is 1150. The van der Waals surface area contributed by atoms with Crippen molar-refractivity contribution >= 4 is 23.2 Å². The lowest BCUT2D eigenvalue weighted by atomic mass is 10.1. The minimum Gasteiger partial charge on any atom is -0.489 e. The van der Waals surface area contributed by atoms with Crippen LogP contribution in [0.3, 0.4) is 0 Å². The van der Waals surface area contributed by atoms with Gasteiger partial charge in [0.15, 0.2) is 5.69 Å². The first-order valence-corrected chi connectivity index (χ1v) is 9.78. The zero-order valence-electron chi connectivity index (χ0n) is 16.3. The van der Waals surface area contributed by atoms with Crippen molar-refractivity contribution in [1.29, 1.82) is 0 Å². The molecule has 1 aromatic heterocycles. The van der Waals surface area contributed by atoms with Crippen LogP contribution in [0.5, 0.6) is 5.75 Å². The SMILES string of the molecule is Cc1onc(C(=O)Nc2ccc(-c3ccccc3)cc2)c1COc1cccc(Cl)c1. The Labute approximate surface area is 179 Å². The first-order valence-electron chi connectivity index (χ1n) is 9.40. The van der Waals surface area contributed by atoms with E-state index in [4.69, 9.17) is 20.9 Å². The number of nitrogens with one attached hydrogen (secondary N) is 1. The molecule has 1 amide bonds. The maximum absolute atomic E-state index is 12.8. The first-order chi connectivity index (χ1) is 14.6. The molecule has 0 aliphatic heterocycles. The van der Waals surface area contributed by atoms with E-state index >= 15 is 0 Å². The Hall–Kier alpha value is -3.57. The molecule has 1 N–H and O–H groups in total. The van der Waals surface area contributed by atoms with Gasteiger partial charge in [-0.15, -0.1) is 0 Å². The van der Waals surface area contributed by atoms with Gasteiger partial charge in [-0.3, -0.25) is 4.79 Å². The highest BCUT2D eigenvalue weighted by atomic mass is 35.5. The monoisotopic (exact) mass is 418 g/mol. The van der Waals surface area contributed by atoms with Crippen molar-refractivity contribution in [3.8, 4) is 16.9 Å². The lowest BCUT2D eigenvalue weighted by Gasteiger charge is -2.08. The summed E-state index contributed by atoms with van der Waals surface area (Å²) in [5.41, 5.74) is 3.64. The molecule has 0 saturated heterocycles. The van der Waals surface area contributed by atoms with E-state index in [1.54, 1.807) is 31.2 Å². The predicted molar refractivity (Wildman–Crippen MR) is 117 cm³/mol. The van der Waals surface area contributed by atoms with Crippen molar-refractivity contribution in [2.75, 3.05) is 5.32 Å². The van der Waals surface area contributed by atoms with Gasteiger partial charge in [0.2, 0.25) is 0 Å². The lowest BCUT2D eigenvalue weighted by Crippen LogP contribution is -2.15. The Kier molecular flexibility index (Phi) is 5.82. The van der Waals surface area contributed by atoms with Crippen molar-refractivity contribution < 1.29 is 14.1 Å². The van der Waals surface area contributed by atoms with Gasteiger partial charge in [-0.1, -0.05) is 65.3 Å². The molecule has 4 rings (SSSR count). The van der Waals surface area contributed by atoms with Crippen LogP contribution < -0.4 is 10.1 Å². The molecule has 0 unspecified atom stereocenters. The number of hydrogen-bond donors (Lipinski definition) is 1. The molecule has 0 fully saturated rings. The smallest absolute Gasteiger partial charge is 0.278 e. The Morgan fingerprint density at radius 3 is 2.47 bits per heavy atom. The molecule has 30 heavy (non-hydrogen) atoms. The fourth-order valence-corrected chi connectivity index (χ4v) is 3.20. The van der Waals surface area contributed by atoms with Gasteiger partial charge in [-0.25, -0.2) is 0 Å². The van der Waals surface area contributed by atoms with Gasteiger partial charge in [-0.05, 0) is 48.4 Å². The van der Waals surface area contributed by atoms with Gasteiger partial charge in [-0.2, -0.15) is 0 Å². The molecular weight excluding hydrogens is 400 g/mol. The van der Waals surface area contributed by atoms with E-state index in [0.717, 1.165) is 11.1 Å². The molecular formula is C24H19ClN2O3. The summed E-state index contributed by atoms with van der Waals surface area (Å²) in [5.74, 6) is 0.775. The topological polar surface area (TPSA) is 64.4 Å². The van der Waals surface area contributed by atoms with Gasteiger partial charge < -0.3 is 14.6 Å². The van der Waals surface area contributed by atoms with E-state index in [1.165, 1.54) is 0 Å². The van der Waals surface area contributed by atoms with Gasteiger partial charge in [0.05, 0.1) is 5.56 Å². The molecule has 0 aliphatic carbocycles. The van der Waals surface area contributed by atoms with Crippen molar-refractivity contribution in [1.82, 2.24) is 5.16 Å². The van der Waals surface area contributed by atoms with Crippen LogP contribution >= 0.6 is 11.6 Å². The van der Waals surface area contributed by atoms with Crippen molar-refractivity contribution in [3.63, 3.8) is 0 Å². The number of nitrogens with zero attached hydrogens (tertiary/aromatic N) is 1. The minimum atomic E-state index is -0.357. The zero-order chi connectivity index (χ0) is 20.9. The fraction of sp³-hybridized carbons (Fsp3) is 0.0833. The zero-order valence-corrected chi connectivity index (χ0v) is 17.0. The number of benzene rings is 3. The quantitative estimate of drug-likeness (QED) is 0.408. The molecule has 5 nitrogen and oxygen atoms in total. The average Bonchev–Trinajstić information content (AvgIpc) is 3.14. The fourth-order valence-electron chi connectivity index (χ4n) is 3.02. The second-order valence-corrected chi connectivity index (χ2v) is 7.15. The second kappa shape index (κ2) is 8.84. The van der Waals surface area contributed by atoms with Gasteiger partial charge in [0, 0.05) is 10.7 Å². The summed E-state index contributed by atoms with van der Waals surface area (Å²) in [6.45, 7) is 1.89. The van der Waals surface area contributed by atoms with Crippen molar-refractivity contribution in [3.05, 3.63) is 101 Å². The molecule has 0 spiro atoms. The molecule has 0 saturated carbocycles. The number of aromatic nitrogens is 1. The third-order valence-electron chi connectivity index (χ3n) is 4.63. The van der Waals surface area contributed by atoms with Gasteiger partial charge >= 0.3 is 0 Å². The molecule has 3 aromatic carbocycles. The van der Waals surface area contributed by atoms with E-state index in [2.05, 4.69) is 10.5 Å². The van der Waals surface area contributed by atoms with Crippen LogP contribution in [0.1, 0.15) is 21.8 Å². The Morgan fingerprint density at radius 2 is 1.73 bits per heavy atom. The van der Waals surface area contributed by atoms with Crippen LogP contribution in [0.4, 0.5) is 5.69 Å². The molecule has 0 aliphatic rings. The van der Waals surface area contributed by atoms with Crippen LogP contribution in [0.15, 0.2) is 83.4 Å². The maximum Gasteiger partial charge on any atom is 0.278 e. The molecule has 4 aromatic rings. The summed E-state index contributed by atoms with van der Waals surface area (Å²) < 4.78 is 11.0. The summed E-state index contributed by atoms with van der Waals surface area (Å²) in [6.07, 6.45) is 0. The molecule has 6 heteroatoms. The van der Waals surface area contributed by atoms with Gasteiger partial charge in [0.1, 0.15) is 18.1 Å². The summed E-state index contributed by atoms with van der Waals surface area (Å²) in [7, 11) is 0. The van der Waals surface area contributed by atoms with E-state index in [0.29, 0.717) is 27.8 Å². The van der Waals surface area contributed by atoms with Crippen LogP contribution in [0.25, 0.3) is 11.1 Å². The first kappa shape index (κ1) is 19.7. The van der Waals surface area contributed by atoms with Crippen molar-refractivity contribution in [2.45, 2.75) is 13.5 Å². The number of anilines is 1. The van der Waals surface area contributed by atoms with E-state index in [9.17, 15) is 4.79 Å².